The van der Waals surface area contributed by atoms with E-state index in [1.54, 1.807) is 0 Å². The highest BCUT2D eigenvalue weighted by molar-refractivity contribution is 7.22. The number of nitrogens with two attached hydrogens (primary N) is 1. The van der Waals surface area contributed by atoms with Gasteiger partial charge < -0.3 is 26.0 Å². The Morgan fingerprint density at radius 3 is 2.78 bits per heavy atom. The largest absolute Gasteiger partial charge is 0.573 e. The third-order valence-corrected chi connectivity index (χ3v) is 4.18. The van der Waals surface area contributed by atoms with E-state index >= 15 is 0 Å². The Hall–Kier alpha value is -2.44. The van der Waals surface area contributed by atoms with Gasteiger partial charge in [0.15, 0.2) is 5.13 Å². The molecule has 0 saturated heterocycles. The van der Waals surface area contributed by atoms with E-state index in [1.165, 1.54) is 24.1 Å². The Balaban J connectivity index is 1.95. The number of alkyl halides is 3. The van der Waals surface area contributed by atoms with Crippen LogP contribution in [0, 0.1) is 0 Å². The number of likely N-dealkylation sites (N-methyl/N-ethyl adjacent to an activating group) is 1. The van der Waals surface area contributed by atoms with Gasteiger partial charge in [-0.3, -0.25) is 9.59 Å². The third-order valence-electron chi connectivity index (χ3n) is 3.24. The Bertz CT molecular complexity index is 812. The standard InChI is InChI=1S/C15H18F3N5O3S/c1-23(13(25)7-20-5-4-19)8-12(24)22-14-21-10-3-2-9(6-11(10)27-14)26-15(16,17)18/h2-3,6,20H,4-5,7-8,19H2,1H3,(H,21,22,24). The van der Waals surface area contributed by atoms with Gasteiger partial charge in [0.1, 0.15) is 5.75 Å². The molecule has 0 fully saturated rings. The normalized spacial score (nSPS) is 11.4. The van der Waals surface area contributed by atoms with Gasteiger partial charge in [0, 0.05) is 26.2 Å². The lowest BCUT2D eigenvalue weighted by molar-refractivity contribution is -0.274. The van der Waals surface area contributed by atoms with Crippen LogP contribution >= 0.6 is 11.3 Å². The van der Waals surface area contributed by atoms with Gasteiger partial charge in [0.2, 0.25) is 11.8 Å². The zero-order valence-electron chi connectivity index (χ0n) is 14.3. The lowest BCUT2D eigenvalue weighted by Gasteiger charge is -2.16. The van der Waals surface area contributed by atoms with Gasteiger partial charge in [0.05, 0.1) is 23.3 Å². The van der Waals surface area contributed by atoms with E-state index in [9.17, 15) is 22.8 Å². The van der Waals surface area contributed by atoms with E-state index in [4.69, 9.17) is 5.73 Å². The Labute approximate surface area is 156 Å². The number of aromatic nitrogens is 1. The average molecular weight is 405 g/mol. The summed E-state index contributed by atoms with van der Waals surface area (Å²) in [5.74, 6) is -1.13. The maximum Gasteiger partial charge on any atom is 0.573 e. The van der Waals surface area contributed by atoms with Crippen LogP contribution in [0.25, 0.3) is 10.2 Å². The van der Waals surface area contributed by atoms with Gasteiger partial charge in [-0.15, -0.1) is 13.2 Å². The highest BCUT2D eigenvalue weighted by atomic mass is 32.1. The molecule has 0 atom stereocenters. The van der Waals surface area contributed by atoms with Crippen LogP contribution in [0.4, 0.5) is 18.3 Å². The molecular weight excluding hydrogens is 387 g/mol. The summed E-state index contributed by atoms with van der Waals surface area (Å²) in [4.78, 5) is 29.2. The van der Waals surface area contributed by atoms with Crippen molar-refractivity contribution in [2.24, 2.45) is 5.73 Å². The van der Waals surface area contributed by atoms with E-state index in [1.807, 2.05) is 0 Å². The summed E-state index contributed by atoms with van der Waals surface area (Å²) in [5.41, 5.74) is 5.72. The molecular formula is C15H18F3N5O3S. The zero-order chi connectivity index (χ0) is 20.0. The summed E-state index contributed by atoms with van der Waals surface area (Å²) >= 11 is 0.998. The fourth-order valence-electron chi connectivity index (χ4n) is 2.05. The number of ether oxygens (including phenoxy) is 1. The first-order valence-electron chi connectivity index (χ1n) is 7.79. The van der Waals surface area contributed by atoms with E-state index in [0.29, 0.717) is 23.3 Å². The number of nitrogens with one attached hydrogen (secondary N) is 2. The lowest BCUT2D eigenvalue weighted by Crippen LogP contribution is -2.40. The number of thiazole rings is 1. The van der Waals surface area contributed by atoms with Crippen molar-refractivity contribution in [3.05, 3.63) is 18.2 Å². The van der Waals surface area contributed by atoms with Gasteiger partial charge in [-0.1, -0.05) is 11.3 Å². The Morgan fingerprint density at radius 1 is 1.37 bits per heavy atom. The highest BCUT2D eigenvalue weighted by Gasteiger charge is 2.31. The van der Waals surface area contributed by atoms with Gasteiger partial charge in [0.25, 0.3) is 0 Å². The number of rotatable bonds is 8. The van der Waals surface area contributed by atoms with Gasteiger partial charge in [-0.2, -0.15) is 0 Å². The number of halogens is 3. The molecule has 2 amide bonds. The number of nitrogens with zero attached hydrogens (tertiary/aromatic N) is 2. The lowest BCUT2D eigenvalue weighted by atomic mass is 10.3. The third kappa shape index (κ3) is 6.66. The summed E-state index contributed by atoms with van der Waals surface area (Å²) in [7, 11) is 1.48. The molecule has 12 heteroatoms. The van der Waals surface area contributed by atoms with Gasteiger partial charge in [-0.25, -0.2) is 4.98 Å². The average Bonchev–Trinajstić information content (AvgIpc) is 2.94. The first-order chi connectivity index (χ1) is 12.7. The van der Waals surface area contributed by atoms with Crippen molar-refractivity contribution in [2.75, 3.05) is 38.5 Å². The molecule has 0 spiro atoms. The van der Waals surface area contributed by atoms with Crippen LogP contribution in [0.3, 0.4) is 0 Å². The number of fused-ring (bicyclic) bond motifs is 1. The van der Waals surface area contributed by atoms with E-state index in [-0.39, 0.29) is 29.9 Å². The SMILES string of the molecule is CN(CC(=O)Nc1nc2ccc(OC(F)(F)F)cc2s1)C(=O)CNCCN. The summed E-state index contributed by atoms with van der Waals surface area (Å²) in [5, 5.41) is 5.56. The molecule has 0 aliphatic heterocycles. The van der Waals surface area contributed by atoms with E-state index in [2.05, 4.69) is 20.4 Å². The van der Waals surface area contributed by atoms with Crippen LogP contribution in [0.5, 0.6) is 5.75 Å². The number of amides is 2. The van der Waals surface area contributed by atoms with Crippen molar-refractivity contribution in [2.45, 2.75) is 6.36 Å². The highest BCUT2D eigenvalue weighted by Crippen LogP contribution is 2.31. The topological polar surface area (TPSA) is 110 Å². The van der Waals surface area contributed by atoms with Crippen LogP contribution in [0.2, 0.25) is 0 Å². The summed E-state index contributed by atoms with van der Waals surface area (Å²) < 4.78 is 41.1. The summed E-state index contributed by atoms with van der Waals surface area (Å²) in [6, 6.07) is 3.69. The van der Waals surface area contributed by atoms with Crippen molar-refractivity contribution in [1.82, 2.24) is 15.2 Å². The molecule has 1 aromatic heterocycles. The van der Waals surface area contributed by atoms with Crippen molar-refractivity contribution >= 4 is 38.5 Å². The van der Waals surface area contributed by atoms with Crippen molar-refractivity contribution in [1.29, 1.82) is 0 Å². The maximum atomic E-state index is 12.3. The van der Waals surface area contributed by atoms with Crippen molar-refractivity contribution < 1.29 is 27.5 Å². The molecule has 2 aromatic rings. The van der Waals surface area contributed by atoms with Crippen LogP contribution in [0.15, 0.2) is 18.2 Å². The Kier molecular flexibility index (Phi) is 6.93. The van der Waals surface area contributed by atoms with Crippen molar-refractivity contribution in [3.63, 3.8) is 0 Å². The molecule has 1 aromatic carbocycles. The van der Waals surface area contributed by atoms with Crippen molar-refractivity contribution in [3.8, 4) is 5.75 Å². The second kappa shape index (κ2) is 8.97. The molecule has 0 aliphatic carbocycles. The predicted molar refractivity (Wildman–Crippen MR) is 94.5 cm³/mol. The number of benzene rings is 1. The van der Waals surface area contributed by atoms with Gasteiger partial charge in [-0.05, 0) is 12.1 Å². The monoisotopic (exact) mass is 405 g/mol. The molecule has 0 bridgehead atoms. The first-order valence-corrected chi connectivity index (χ1v) is 8.60. The Morgan fingerprint density at radius 2 is 2.11 bits per heavy atom. The molecule has 8 nitrogen and oxygen atoms in total. The van der Waals surface area contributed by atoms with E-state index in [0.717, 1.165) is 17.4 Å². The number of hydrogen-bond donors (Lipinski definition) is 3. The predicted octanol–water partition coefficient (Wildman–Crippen LogP) is 1.14. The smallest absolute Gasteiger partial charge is 0.406 e. The number of anilines is 1. The maximum absolute atomic E-state index is 12.3. The van der Waals surface area contributed by atoms with Crippen LogP contribution < -0.4 is 21.1 Å². The molecule has 4 N–H and O–H groups in total. The zero-order valence-corrected chi connectivity index (χ0v) is 15.1. The fraction of sp³-hybridized carbons (Fsp3) is 0.400. The number of carbonyl (C=O) groups excluding carboxylic acids is 2. The second-order valence-electron chi connectivity index (χ2n) is 5.46. The molecule has 0 radical (unpaired) electrons. The molecule has 0 saturated carbocycles. The molecule has 148 valence electrons. The quantitative estimate of drug-likeness (QED) is 0.569. The fourth-order valence-corrected chi connectivity index (χ4v) is 2.96. The molecule has 0 aliphatic rings. The van der Waals surface area contributed by atoms with Crippen LogP contribution in [-0.4, -0.2) is 61.3 Å². The van der Waals surface area contributed by atoms with Gasteiger partial charge >= 0.3 is 6.36 Å². The second-order valence-corrected chi connectivity index (χ2v) is 6.49. The number of hydrogen-bond acceptors (Lipinski definition) is 7. The molecule has 0 unspecified atom stereocenters. The molecule has 2 rings (SSSR count). The number of carbonyl (C=O) groups is 2. The molecule has 1 heterocycles. The summed E-state index contributed by atoms with van der Waals surface area (Å²) in [6.07, 6.45) is -4.79. The summed E-state index contributed by atoms with van der Waals surface area (Å²) in [6.45, 7) is 0.744. The van der Waals surface area contributed by atoms with Crippen LogP contribution in [0.1, 0.15) is 0 Å². The first kappa shape index (κ1) is 20.9. The molecule has 27 heavy (non-hydrogen) atoms. The van der Waals surface area contributed by atoms with E-state index < -0.39 is 12.3 Å². The van der Waals surface area contributed by atoms with Crippen LogP contribution in [-0.2, 0) is 9.59 Å². The minimum atomic E-state index is -4.79. The minimum absolute atomic E-state index is 0.0596. The minimum Gasteiger partial charge on any atom is -0.406 e.